The van der Waals surface area contributed by atoms with Crippen molar-refractivity contribution < 1.29 is 0 Å². The average Bonchev–Trinajstić information content (AvgIpc) is 2.90. The van der Waals surface area contributed by atoms with Gasteiger partial charge in [-0.05, 0) is 48.4 Å². The van der Waals surface area contributed by atoms with E-state index in [1.165, 1.54) is 21.9 Å². The smallest absolute Gasteiger partial charge is 0.0705 e. The van der Waals surface area contributed by atoms with Crippen molar-refractivity contribution in [1.29, 1.82) is 0 Å². The van der Waals surface area contributed by atoms with Gasteiger partial charge in [0.05, 0.1) is 5.52 Å². The van der Waals surface area contributed by atoms with E-state index in [1.54, 1.807) is 0 Å². The molecule has 0 radical (unpaired) electrons. The van der Waals surface area contributed by atoms with Crippen LogP contribution in [0.2, 0.25) is 5.02 Å². The highest BCUT2D eigenvalue weighted by Crippen LogP contribution is 2.26. The van der Waals surface area contributed by atoms with Crippen LogP contribution in [0.15, 0.2) is 54.7 Å². The maximum atomic E-state index is 6.13. The Balaban J connectivity index is 1.82. The summed E-state index contributed by atoms with van der Waals surface area (Å²) in [5, 5.41) is 3.13. The Labute approximate surface area is 133 Å². The SMILES string of the molecule is Cc1nc2ccccc2cc1Cc1c[nH]c2ccc(Cl)cc12. The molecule has 2 heterocycles. The van der Waals surface area contributed by atoms with Crippen molar-refractivity contribution >= 4 is 33.4 Å². The third-order valence-electron chi connectivity index (χ3n) is 4.13. The van der Waals surface area contributed by atoms with Crippen LogP contribution in [-0.2, 0) is 6.42 Å². The molecule has 0 spiro atoms. The number of nitrogens with zero attached hydrogens (tertiary/aromatic N) is 1. The zero-order valence-electron chi connectivity index (χ0n) is 12.2. The summed E-state index contributed by atoms with van der Waals surface area (Å²) >= 11 is 6.13. The van der Waals surface area contributed by atoms with Crippen LogP contribution in [0.3, 0.4) is 0 Å². The Hall–Kier alpha value is -2.32. The van der Waals surface area contributed by atoms with E-state index in [1.807, 2.05) is 24.3 Å². The summed E-state index contributed by atoms with van der Waals surface area (Å²) < 4.78 is 0. The monoisotopic (exact) mass is 306 g/mol. The number of benzene rings is 2. The second kappa shape index (κ2) is 5.15. The number of hydrogen-bond acceptors (Lipinski definition) is 1. The van der Waals surface area contributed by atoms with Gasteiger partial charge in [0, 0.05) is 39.6 Å². The van der Waals surface area contributed by atoms with Crippen LogP contribution in [0.25, 0.3) is 21.8 Å². The van der Waals surface area contributed by atoms with Crippen molar-refractivity contribution in [2.75, 3.05) is 0 Å². The molecule has 0 atom stereocenters. The molecule has 2 aromatic carbocycles. The fourth-order valence-corrected chi connectivity index (χ4v) is 3.11. The van der Waals surface area contributed by atoms with Crippen LogP contribution in [0.1, 0.15) is 16.8 Å². The summed E-state index contributed by atoms with van der Waals surface area (Å²) in [4.78, 5) is 8.03. The fraction of sp³-hybridized carbons (Fsp3) is 0.105. The predicted octanol–water partition coefficient (Wildman–Crippen LogP) is 5.27. The lowest BCUT2D eigenvalue weighted by atomic mass is 10.0. The van der Waals surface area contributed by atoms with Gasteiger partial charge in [0.25, 0.3) is 0 Å². The molecule has 0 fully saturated rings. The van der Waals surface area contributed by atoms with Crippen molar-refractivity contribution in [2.45, 2.75) is 13.3 Å². The first kappa shape index (κ1) is 13.4. The lowest BCUT2D eigenvalue weighted by Crippen LogP contribution is -1.95. The van der Waals surface area contributed by atoms with Gasteiger partial charge < -0.3 is 4.98 Å². The van der Waals surface area contributed by atoms with Gasteiger partial charge in [-0.15, -0.1) is 0 Å². The van der Waals surface area contributed by atoms with Crippen LogP contribution in [0.5, 0.6) is 0 Å². The molecule has 22 heavy (non-hydrogen) atoms. The molecule has 0 saturated heterocycles. The van der Waals surface area contributed by atoms with Crippen molar-refractivity contribution in [3.63, 3.8) is 0 Å². The molecule has 0 aliphatic carbocycles. The Morgan fingerprint density at radius 2 is 1.91 bits per heavy atom. The molecule has 108 valence electrons. The second-order valence-corrected chi connectivity index (χ2v) is 6.04. The molecule has 0 aliphatic heterocycles. The second-order valence-electron chi connectivity index (χ2n) is 5.61. The minimum Gasteiger partial charge on any atom is -0.361 e. The molecule has 2 nitrogen and oxygen atoms in total. The highest BCUT2D eigenvalue weighted by Gasteiger charge is 2.09. The molecule has 1 N–H and O–H groups in total. The number of para-hydroxylation sites is 1. The molecular formula is C19H15ClN2. The normalized spacial score (nSPS) is 11.4. The van der Waals surface area contributed by atoms with Crippen molar-refractivity contribution in [3.05, 3.63) is 76.6 Å². The largest absolute Gasteiger partial charge is 0.361 e. The van der Waals surface area contributed by atoms with Gasteiger partial charge in [0.15, 0.2) is 0 Å². The van der Waals surface area contributed by atoms with Gasteiger partial charge in [-0.3, -0.25) is 4.98 Å². The summed E-state index contributed by atoms with van der Waals surface area (Å²) in [5.41, 5.74) is 5.74. The Bertz CT molecular complexity index is 985. The van der Waals surface area contributed by atoms with Gasteiger partial charge in [-0.2, -0.15) is 0 Å². The first-order valence-corrected chi connectivity index (χ1v) is 7.69. The molecule has 0 aliphatic rings. The molecule has 3 heteroatoms. The number of nitrogens with one attached hydrogen (secondary N) is 1. The minimum atomic E-state index is 0.765. The fourth-order valence-electron chi connectivity index (χ4n) is 2.94. The van der Waals surface area contributed by atoms with E-state index in [2.05, 4.69) is 42.4 Å². The highest BCUT2D eigenvalue weighted by atomic mass is 35.5. The number of hydrogen-bond donors (Lipinski definition) is 1. The molecule has 0 unspecified atom stereocenters. The topological polar surface area (TPSA) is 28.7 Å². The van der Waals surface area contributed by atoms with Crippen LogP contribution >= 0.6 is 11.6 Å². The summed E-state index contributed by atoms with van der Waals surface area (Å²) in [7, 11) is 0. The third kappa shape index (κ3) is 2.26. The number of fused-ring (bicyclic) bond motifs is 2. The summed E-state index contributed by atoms with van der Waals surface area (Å²) in [5.74, 6) is 0. The summed E-state index contributed by atoms with van der Waals surface area (Å²) in [6.45, 7) is 2.07. The maximum Gasteiger partial charge on any atom is 0.0705 e. The molecule has 4 aromatic rings. The number of pyridine rings is 1. The lowest BCUT2D eigenvalue weighted by molar-refractivity contribution is 1.11. The predicted molar refractivity (Wildman–Crippen MR) is 92.6 cm³/mol. The van der Waals surface area contributed by atoms with E-state index in [0.29, 0.717) is 0 Å². The van der Waals surface area contributed by atoms with Crippen molar-refractivity contribution in [1.82, 2.24) is 9.97 Å². The van der Waals surface area contributed by atoms with E-state index in [-0.39, 0.29) is 0 Å². The Morgan fingerprint density at radius 3 is 2.82 bits per heavy atom. The molecule has 2 aromatic heterocycles. The number of aromatic nitrogens is 2. The average molecular weight is 307 g/mol. The van der Waals surface area contributed by atoms with Crippen molar-refractivity contribution in [2.24, 2.45) is 0 Å². The Morgan fingerprint density at radius 1 is 1.05 bits per heavy atom. The van der Waals surface area contributed by atoms with Gasteiger partial charge in [-0.25, -0.2) is 0 Å². The highest BCUT2D eigenvalue weighted by molar-refractivity contribution is 6.31. The van der Waals surface area contributed by atoms with Crippen LogP contribution in [0.4, 0.5) is 0 Å². The van der Waals surface area contributed by atoms with Gasteiger partial charge in [-0.1, -0.05) is 29.8 Å². The maximum absolute atomic E-state index is 6.13. The quantitative estimate of drug-likeness (QED) is 0.537. The van der Waals surface area contributed by atoms with E-state index in [0.717, 1.165) is 28.2 Å². The van der Waals surface area contributed by atoms with Gasteiger partial charge in [0.1, 0.15) is 0 Å². The molecule has 0 amide bonds. The molecule has 0 saturated carbocycles. The zero-order chi connectivity index (χ0) is 15.1. The van der Waals surface area contributed by atoms with Crippen LogP contribution in [0, 0.1) is 6.92 Å². The summed E-state index contributed by atoms with van der Waals surface area (Å²) in [6.07, 6.45) is 2.92. The first-order valence-electron chi connectivity index (χ1n) is 7.31. The number of H-pyrrole nitrogens is 1. The third-order valence-corrected chi connectivity index (χ3v) is 4.36. The van der Waals surface area contributed by atoms with Gasteiger partial charge in [0.2, 0.25) is 0 Å². The molecule has 0 bridgehead atoms. The zero-order valence-corrected chi connectivity index (χ0v) is 13.0. The number of rotatable bonds is 2. The van der Waals surface area contributed by atoms with E-state index < -0.39 is 0 Å². The van der Waals surface area contributed by atoms with Gasteiger partial charge >= 0.3 is 0 Å². The number of halogens is 1. The first-order chi connectivity index (χ1) is 10.7. The van der Waals surface area contributed by atoms with E-state index in [9.17, 15) is 0 Å². The number of aryl methyl sites for hydroxylation is 1. The molecular weight excluding hydrogens is 292 g/mol. The number of aromatic amines is 1. The van der Waals surface area contributed by atoms with E-state index in [4.69, 9.17) is 16.6 Å². The van der Waals surface area contributed by atoms with E-state index >= 15 is 0 Å². The lowest BCUT2D eigenvalue weighted by Gasteiger charge is -2.07. The van der Waals surface area contributed by atoms with Crippen molar-refractivity contribution in [3.8, 4) is 0 Å². The standard InChI is InChI=1S/C19H15ClN2/c1-12-14(8-13-4-2-3-5-18(13)22-12)9-15-11-21-19-7-6-16(20)10-17(15)19/h2-8,10-11,21H,9H2,1H3. The Kier molecular flexibility index (Phi) is 3.12. The van der Waals surface area contributed by atoms with Crippen LogP contribution < -0.4 is 0 Å². The minimum absolute atomic E-state index is 0.765. The molecule has 4 rings (SSSR count). The van der Waals surface area contributed by atoms with Crippen LogP contribution in [-0.4, -0.2) is 9.97 Å². The summed E-state index contributed by atoms with van der Waals surface area (Å²) in [6, 6.07) is 16.4.